The van der Waals surface area contributed by atoms with E-state index >= 15 is 0 Å². The molecule has 1 heterocycles. The number of nitrogens with zero attached hydrogens (tertiary/aromatic N) is 1. The summed E-state index contributed by atoms with van der Waals surface area (Å²) in [5.74, 6) is -0.0184. The Labute approximate surface area is 237 Å². The lowest BCUT2D eigenvalue weighted by atomic mass is 9.94. The number of carbonyl (C=O) groups excluding carboxylic acids is 1. The highest BCUT2D eigenvalue weighted by atomic mass is 19.1. The van der Waals surface area contributed by atoms with Crippen LogP contribution in [0.3, 0.4) is 0 Å². The molecule has 1 N–H and O–H groups in total. The predicted octanol–water partition coefficient (Wildman–Crippen LogP) is 6.17. The van der Waals surface area contributed by atoms with Crippen molar-refractivity contribution in [3.63, 3.8) is 0 Å². The molecule has 1 aliphatic heterocycles. The van der Waals surface area contributed by atoms with Gasteiger partial charge in [0.15, 0.2) is 0 Å². The molecule has 0 aliphatic carbocycles. The highest BCUT2D eigenvalue weighted by Gasteiger charge is 2.34. The van der Waals surface area contributed by atoms with E-state index in [2.05, 4.69) is 29.2 Å². The van der Waals surface area contributed by atoms with E-state index in [1.165, 1.54) is 5.56 Å². The van der Waals surface area contributed by atoms with Crippen molar-refractivity contribution in [1.82, 2.24) is 4.90 Å². The summed E-state index contributed by atoms with van der Waals surface area (Å²) in [7, 11) is 0. The number of ether oxygens (including phenoxy) is 2. The van der Waals surface area contributed by atoms with Crippen LogP contribution < -0.4 is 0 Å². The van der Waals surface area contributed by atoms with Gasteiger partial charge in [-0.15, -0.1) is 0 Å². The van der Waals surface area contributed by atoms with E-state index in [4.69, 9.17) is 9.47 Å². The number of carbonyl (C=O) groups is 1. The molecule has 0 spiro atoms. The fraction of sp³-hybridized carbons (Fsp3) is 0.441. The molecule has 3 aromatic carbocycles. The molecular formula is C34H42FNO4. The third-order valence-corrected chi connectivity index (χ3v) is 7.89. The fourth-order valence-electron chi connectivity index (χ4n) is 5.72. The van der Waals surface area contributed by atoms with Crippen molar-refractivity contribution in [3.05, 3.63) is 106 Å². The van der Waals surface area contributed by atoms with Gasteiger partial charge in [0, 0.05) is 25.6 Å². The molecule has 0 amide bonds. The van der Waals surface area contributed by atoms with Crippen LogP contribution in [0.1, 0.15) is 66.5 Å². The Kier molecular flexibility index (Phi) is 10.9. The van der Waals surface area contributed by atoms with Gasteiger partial charge in [0.05, 0.1) is 25.4 Å². The molecule has 0 radical (unpaired) electrons. The van der Waals surface area contributed by atoms with Crippen molar-refractivity contribution in [3.8, 4) is 0 Å². The van der Waals surface area contributed by atoms with Gasteiger partial charge < -0.3 is 14.6 Å². The van der Waals surface area contributed by atoms with Gasteiger partial charge in [-0.05, 0) is 79.8 Å². The maximum Gasteiger partial charge on any atom is 0.306 e. The lowest BCUT2D eigenvalue weighted by molar-refractivity contribution is -0.143. The molecule has 3 aromatic rings. The molecule has 0 aromatic heterocycles. The molecule has 5 nitrogen and oxygen atoms in total. The molecular weight excluding hydrogens is 505 g/mol. The lowest BCUT2D eigenvalue weighted by Crippen LogP contribution is -2.39. The molecule has 0 unspecified atom stereocenters. The number of β-amino-alcohol motifs (C(OH)–C–C–N with tert-alkyl or cyclic N) is 1. The Bertz CT molecular complexity index is 1230. The highest BCUT2D eigenvalue weighted by Crippen LogP contribution is 2.34. The Morgan fingerprint density at radius 1 is 1.10 bits per heavy atom. The van der Waals surface area contributed by atoms with Crippen molar-refractivity contribution >= 4 is 5.97 Å². The summed E-state index contributed by atoms with van der Waals surface area (Å²) >= 11 is 0. The summed E-state index contributed by atoms with van der Waals surface area (Å²) in [4.78, 5) is 14.2. The number of aryl methyl sites for hydroxylation is 2. The molecule has 0 bridgehead atoms. The first kappa shape index (κ1) is 29.9. The van der Waals surface area contributed by atoms with E-state index in [1.807, 2.05) is 56.3 Å². The van der Waals surface area contributed by atoms with Crippen LogP contribution in [0.5, 0.6) is 0 Å². The minimum absolute atomic E-state index is 0.174. The van der Waals surface area contributed by atoms with Gasteiger partial charge in [-0.25, -0.2) is 4.39 Å². The number of esters is 1. The average Bonchev–Trinajstić information content (AvgIpc) is 3.35. The second kappa shape index (κ2) is 14.5. The lowest BCUT2D eigenvalue weighted by Gasteiger charge is -2.28. The number of benzene rings is 3. The Hall–Kier alpha value is -3.06. The van der Waals surface area contributed by atoms with Crippen LogP contribution in [0.4, 0.5) is 4.39 Å². The average molecular weight is 548 g/mol. The van der Waals surface area contributed by atoms with Crippen molar-refractivity contribution in [2.24, 2.45) is 0 Å². The normalized spacial score (nSPS) is 18.9. The number of aliphatic hydroxyl groups excluding tert-OH is 1. The van der Waals surface area contributed by atoms with Crippen molar-refractivity contribution < 1.29 is 23.8 Å². The molecule has 1 aliphatic rings. The minimum atomic E-state index is -0.666. The number of rotatable bonds is 13. The number of likely N-dealkylation sites (tertiary alicyclic amines) is 1. The van der Waals surface area contributed by atoms with Crippen LogP contribution in [0.25, 0.3) is 0 Å². The van der Waals surface area contributed by atoms with Gasteiger partial charge in [0.25, 0.3) is 0 Å². The van der Waals surface area contributed by atoms with E-state index in [1.54, 1.807) is 13.0 Å². The van der Waals surface area contributed by atoms with Crippen molar-refractivity contribution in [2.45, 2.75) is 70.6 Å². The summed E-state index contributed by atoms with van der Waals surface area (Å²) in [6, 6.07) is 24.1. The number of hydrogen-bond donors (Lipinski definition) is 1. The monoisotopic (exact) mass is 547 g/mol. The molecule has 6 heteroatoms. The van der Waals surface area contributed by atoms with Crippen LogP contribution >= 0.6 is 0 Å². The van der Waals surface area contributed by atoms with Crippen LogP contribution in [0.2, 0.25) is 0 Å². The van der Waals surface area contributed by atoms with E-state index in [9.17, 15) is 14.3 Å². The first-order valence-corrected chi connectivity index (χ1v) is 14.4. The van der Waals surface area contributed by atoms with Gasteiger partial charge in [0.1, 0.15) is 5.82 Å². The second-order valence-corrected chi connectivity index (χ2v) is 10.9. The quantitative estimate of drug-likeness (QED) is 0.260. The molecule has 1 saturated heterocycles. The fourth-order valence-corrected chi connectivity index (χ4v) is 5.72. The van der Waals surface area contributed by atoms with E-state index in [-0.39, 0.29) is 30.5 Å². The Morgan fingerprint density at radius 3 is 2.60 bits per heavy atom. The smallest absolute Gasteiger partial charge is 0.306 e. The number of halogens is 1. The van der Waals surface area contributed by atoms with Crippen LogP contribution in [-0.4, -0.2) is 54.4 Å². The topological polar surface area (TPSA) is 59.0 Å². The van der Waals surface area contributed by atoms with Crippen molar-refractivity contribution in [2.75, 3.05) is 26.3 Å². The molecule has 214 valence electrons. The molecule has 0 saturated carbocycles. The van der Waals surface area contributed by atoms with E-state index in [0.29, 0.717) is 37.5 Å². The third-order valence-electron chi connectivity index (χ3n) is 7.89. The standard InChI is InChI=1S/C34H42FNO4/c1-4-39-34(38)17-16-28-12-8-9-13-32(28)25(3)40-23-31(37)22-36-21-29(27-10-6-5-7-11-27)20-30(36)18-26-15-14-24(2)33(35)19-26/h5-15,19,25,29-31,37H,4,16-18,20-23H2,1-3H3/t25-,29-,30-,31-/m1/s1. The summed E-state index contributed by atoms with van der Waals surface area (Å²) in [5.41, 5.74) is 4.99. The third kappa shape index (κ3) is 8.23. The van der Waals surface area contributed by atoms with Crippen LogP contribution in [0.15, 0.2) is 72.8 Å². The van der Waals surface area contributed by atoms with E-state index < -0.39 is 6.10 Å². The van der Waals surface area contributed by atoms with Gasteiger partial charge in [0.2, 0.25) is 0 Å². The largest absolute Gasteiger partial charge is 0.466 e. The van der Waals surface area contributed by atoms with Gasteiger partial charge in [-0.1, -0.05) is 66.7 Å². The Balaban J connectivity index is 1.38. The number of hydrogen-bond acceptors (Lipinski definition) is 5. The molecule has 4 atom stereocenters. The summed E-state index contributed by atoms with van der Waals surface area (Å²) < 4.78 is 25.5. The zero-order chi connectivity index (χ0) is 28.5. The SMILES string of the molecule is CCOC(=O)CCc1ccccc1[C@@H](C)OC[C@H](O)CN1C[C@H](c2ccccc2)C[C@H]1Cc1ccc(C)c(F)c1. The van der Waals surface area contributed by atoms with Crippen LogP contribution in [-0.2, 0) is 27.1 Å². The van der Waals surface area contributed by atoms with Crippen molar-refractivity contribution in [1.29, 1.82) is 0 Å². The number of aliphatic hydroxyl groups is 1. The summed E-state index contributed by atoms with van der Waals surface area (Å²) in [6.45, 7) is 7.47. The van der Waals surface area contributed by atoms with Gasteiger partial charge >= 0.3 is 5.97 Å². The molecule has 1 fully saturated rings. The maximum atomic E-state index is 14.3. The van der Waals surface area contributed by atoms with E-state index in [0.717, 1.165) is 36.1 Å². The first-order chi connectivity index (χ1) is 19.3. The predicted molar refractivity (Wildman–Crippen MR) is 156 cm³/mol. The maximum absolute atomic E-state index is 14.3. The Morgan fingerprint density at radius 2 is 1.85 bits per heavy atom. The van der Waals surface area contributed by atoms with Crippen LogP contribution in [0, 0.1) is 12.7 Å². The van der Waals surface area contributed by atoms with Gasteiger partial charge in [-0.3, -0.25) is 9.69 Å². The molecule has 40 heavy (non-hydrogen) atoms. The molecule has 4 rings (SSSR count). The summed E-state index contributed by atoms with van der Waals surface area (Å²) in [6.07, 6.45) is 1.71. The van der Waals surface area contributed by atoms with Gasteiger partial charge in [-0.2, -0.15) is 0 Å². The highest BCUT2D eigenvalue weighted by molar-refractivity contribution is 5.69. The second-order valence-electron chi connectivity index (χ2n) is 10.9. The zero-order valence-electron chi connectivity index (χ0n) is 23.9. The summed E-state index contributed by atoms with van der Waals surface area (Å²) in [5, 5.41) is 11.0. The zero-order valence-corrected chi connectivity index (χ0v) is 23.9. The first-order valence-electron chi connectivity index (χ1n) is 14.4. The minimum Gasteiger partial charge on any atom is -0.466 e.